The van der Waals surface area contributed by atoms with Gasteiger partial charge in [-0.25, -0.2) is 9.48 Å². The van der Waals surface area contributed by atoms with Gasteiger partial charge in [0.05, 0.1) is 12.7 Å². The zero-order chi connectivity index (χ0) is 22.8. The van der Waals surface area contributed by atoms with Crippen molar-refractivity contribution in [3.8, 4) is 0 Å². The molecule has 1 N–H and O–H groups in total. The molecule has 0 unspecified atom stereocenters. The van der Waals surface area contributed by atoms with Crippen molar-refractivity contribution in [3.63, 3.8) is 0 Å². The topological polar surface area (TPSA) is 80.9 Å². The molecule has 1 aromatic carbocycles. The highest BCUT2D eigenvalue weighted by molar-refractivity contribution is 5.88. The normalized spacial score (nSPS) is 16.8. The lowest BCUT2D eigenvalue weighted by molar-refractivity contribution is 0.192. The third-order valence-corrected chi connectivity index (χ3v) is 6.97. The molecule has 8 nitrogen and oxygen atoms in total. The van der Waals surface area contributed by atoms with E-state index in [-0.39, 0.29) is 6.03 Å². The second-order valence-electron chi connectivity index (χ2n) is 9.55. The van der Waals surface area contributed by atoms with Crippen LogP contribution in [0.4, 0.5) is 10.6 Å². The molecule has 5 rings (SSSR count). The van der Waals surface area contributed by atoms with Crippen molar-refractivity contribution in [2.75, 3.05) is 18.4 Å². The Morgan fingerprint density at radius 2 is 1.85 bits per heavy atom. The number of fused-ring (bicyclic) bond motifs is 1. The maximum absolute atomic E-state index is 13.0. The SMILES string of the molecule is CC(C)c1ccc(Cn2nccc2NC(=O)N2CCC(c3nnc4n3CCCC4)CC2)cc1. The van der Waals surface area contributed by atoms with Crippen LogP contribution in [0.25, 0.3) is 0 Å². The summed E-state index contributed by atoms with van der Waals surface area (Å²) in [6.45, 7) is 7.49. The fraction of sp³-hybridized carbons (Fsp3) is 0.520. The zero-order valence-electron chi connectivity index (χ0n) is 19.6. The molecule has 2 amide bonds. The molecule has 0 aliphatic carbocycles. The van der Waals surface area contributed by atoms with Crippen LogP contribution in [0.2, 0.25) is 0 Å². The summed E-state index contributed by atoms with van der Waals surface area (Å²) in [7, 11) is 0. The average Bonchev–Trinajstić information content (AvgIpc) is 3.46. The summed E-state index contributed by atoms with van der Waals surface area (Å²) in [4.78, 5) is 14.9. The molecule has 33 heavy (non-hydrogen) atoms. The number of rotatable bonds is 5. The smallest absolute Gasteiger partial charge is 0.322 e. The van der Waals surface area contributed by atoms with Gasteiger partial charge in [-0.2, -0.15) is 5.10 Å². The lowest BCUT2D eigenvalue weighted by atomic mass is 9.95. The minimum absolute atomic E-state index is 0.0615. The molecule has 4 heterocycles. The van der Waals surface area contributed by atoms with E-state index in [0.29, 0.717) is 18.4 Å². The number of nitrogens with zero attached hydrogens (tertiary/aromatic N) is 6. The van der Waals surface area contributed by atoms with E-state index < -0.39 is 0 Å². The minimum Gasteiger partial charge on any atom is -0.324 e. The first-order chi connectivity index (χ1) is 16.1. The van der Waals surface area contributed by atoms with Gasteiger partial charge < -0.3 is 9.47 Å². The highest BCUT2D eigenvalue weighted by Gasteiger charge is 2.29. The summed E-state index contributed by atoms with van der Waals surface area (Å²) in [6, 6.07) is 10.4. The molecule has 0 atom stereocenters. The number of likely N-dealkylation sites (tertiary alicyclic amines) is 1. The van der Waals surface area contributed by atoms with Gasteiger partial charge in [0, 0.05) is 38.0 Å². The Labute approximate surface area is 195 Å². The fourth-order valence-corrected chi connectivity index (χ4v) is 4.91. The Morgan fingerprint density at radius 1 is 1.06 bits per heavy atom. The number of hydrogen-bond acceptors (Lipinski definition) is 4. The number of urea groups is 1. The molecule has 0 bridgehead atoms. The van der Waals surface area contributed by atoms with E-state index in [1.807, 2.05) is 15.6 Å². The number of carbonyl (C=O) groups is 1. The van der Waals surface area contributed by atoms with E-state index in [9.17, 15) is 4.79 Å². The molecular weight excluding hydrogens is 414 g/mol. The number of hydrogen-bond donors (Lipinski definition) is 1. The number of anilines is 1. The Morgan fingerprint density at radius 3 is 2.61 bits per heavy atom. The fourth-order valence-electron chi connectivity index (χ4n) is 4.91. The van der Waals surface area contributed by atoms with Crippen molar-refractivity contribution in [2.24, 2.45) is 0 Å². The number of nitrogens with one attached hydrogen (secondary N) is 1. The Hall–Kier alpha value is -3.16. The van der Waals surface area contributed by atoms with Gasteiger partial charge >= 0.3 is 6.03 Å². The van der Waals surface area contributed by atoms with Crippen LogP contribution in [0, 0.1) is 0 Å². The Bertz CT molecular complexity index is 1090. The van der Waals surface area contributed by atoms with Gasteiger partial charge in [-0.3, -0.25) is 5.32 Å². The van der Waals surface area contributed by atoms with Crippen LogP contribution in [0.1, 0.15) is 74.1 Å². The predicted molar refractivity (Wildman–Crippen MR) is 127 cm³/mol. The molecule has 2 aliphatic rings. The summed E-state index contributed by atoms with van der Waals surface area (Å²) in [6.07, 6.45) is 7.02. The number of amides is 2. The minimum atomic E-state index is -0.0615. The summed E-state index contributed by atoms with van der Waals surface area (Å²) < 4.78 is 4.16. The Kier molecular flexibility index (Phi) is 6.15. The van der Waals surface area contributed by atoms with Gasteiger partial charge in [0.2, 0.25) is 0 Å². The van der Waals surface area contributed by atoms with Crippen molar-refractivity contribution < 1.29 is 4.79 Å². The lowest BCUT2D eigenvalue weighted by Gasteiger charge is -2.32. The van der Waals surface area contributed by atoms with Crippen molar-refractivity contribution in [1.29, 1.82) is 0 Å². The molecule has 0 radical (unpaired) electrons. The predicted octanol–water partition coefficient (Wildman–Crippen LogP) is 4.39. The van der Waals surface area contributed by atoms with E-state index in [1.165, 1.54) is 18.4 Å². The van der Waals surface area contributed by atoms with Gasteiger partial charge in [0.1, 0.15) is 17.5 Å². The first-order valence-corrected chi connectivity index (χ1v) is 12.2. The zero-order valence-corrected chi connectivity index (χ0v) is 19.6. The molecular formula is C25H33N7O. The molecule has 1 saturated heterocycles. The van der Waals surface area contributed by atoms with Gasteiger partial charge in [-0.05, 0) is 42.7 Å². The number of aromatic nitrogens is 5. The van der Waals surface area contributed by atoms with E-state index >= 15 is 0 Å². The van der Waals surface area contributed by atoms with E-state index in [2.05, 4.69) is 63.3 Å². The van der Waals surface area contributed by atoms with Crippen LogP contribution >= 0.6 is 0 Å². The second-order valence-corrected chi connectivity index (χ2v) is 9.55. The van der Waals surface area contributed by atoms with Crippen LogP contribution in [0.15, 0.2) is 36.5 Å². The molecule has 2 aromatic heterocycles. The van der Waals surface area contributed by atoms with Crippen molar-refractivity contribution >= 4 is 11.8 Å². The molecule has 3 aromatic rings. The van der Waals surface area contributed by atoms with Crippen LogP contribution in [0.3, 0.4) is 0 Å². The lowest BCUT2D eigenvalue weighted by Crippen LogP contribution is -2.41. The van der Waals surface area contributed by atoms with Gasteiger partial charge in [-0.1, -0.05) is 38.1 Å². The maximum atomic E-state index is 13.0. The molecule has 174 valence electrons. The standard InChI is InChI=1S/C25H33N7O/c1-18(2)20-8-6-19(7-9-20)17-32-22(10-13-26-32)27-25(33)30-15-11-21(12-16-30)24-29-28-23-5-3-4-14-31(23)24/h6-10,13,18,21H,3-5,11-12,14-17H2,1-2H3,(H,27,33). The van der Waals surface area contributed by atoms with E-state index in [1.54, 1.807) is 6.20 Å². The van der Waals surface area contributed by atoms with Crippen LogP contribution in [0.5, 0.6) is 0 Å². The van der Waals surface area contributed by atoms with Crippen molar-refractivity contribution in [2.45, 2.75) is 70.9 Å². The van der Waals surface area contributed by atoms with E-state index in [0.717, 1.165) is 61.9 Å². The summed E-state index contributed by atoms with van der Waals surface area (Å²) in [5.41, 5.74) is 2.49. The first kappa shape index (κ1) is 21.7. The summed E-state index contributed by atoms with van der Waals surface area (Å²) in [5.74, 6) is 3.86. The third-order valence-electron chi connectivity index (χ3n) is 6.97. The highest BCUT2D eigenvalue weighted by atomic mass is 16.2. The number of carbonyl (C=O) groups excluding carboxylic acids is 1. The monoisotopic (exact) mass is 447 g/mol. The molecule has 2 aliphatic heterocycles. The summed E-state index contributed by atoms with van der Waals surface area (Å²) >= 11 is 0. The van der Waals surface area contributed by atoms with Crippen molar-refractivity contribution in [3.05, 3.63) is 59.3 Å². The van der Waals surface area contributed by atoms with Crippen molar-refractivity contribution in [1.82, 2.24) is 29.4 Å². The Balaban J connectivity index is 1.18. The van der Waals surface area contributed by atoms with Gasteiger partial charge in [-0.15, -0.1) is 10.2 Å². The summed E-state index contributed by atoms with van der Waals surface area (Å²) in [5, 5.41) is 16.4. The highest BCUT2D eigenvalue weighted by Crippen LogP contribution is 2.29. The number of piperidine rings is 1. The molecule has 1 fully saturated rings. The van der Waals surface area contributed by atoms with Crippen LogP contribution in [-0.2, 0) is 19.5 Å². The van der Waals surface area contributed by atoms with E-state index in [4.69, 9.17) is 0 Å². The number of aryl methyl sites for hydroxylation is 1. The quantitative estimate of drug-likeness (QED) is 0.629. The third kappa shape index (κ3) is 4.65. The largest absolute Gasteiger partial charge is 0.324 e. The van der Waals surface area contributed by atoms with Crippen LogP contribution in [-0.4, -0.2) is 48.6 Å². The second kappa shape index (κ2) is 9.37. The molecule has 0 saturated carbocycles. The maximum Gasteiger partial charge on any atom is 0.322 e. The van der Waals surface area contributed by atoms with Gasteiger partial charge in [0.25, 0.3) is 0 Å². The molecule has 0 spiro atoms. The first-order valence-electron chi connectivity index (χ1n) is 12.2. The van der Waals surface area contributed by atoms with Gasteiger partial charge in [0.15, 0.2) is 0 Å². The average molecular weight is 448 g/mol. The van der Waals surface area contributed by atoms with Crippen LogP contribution < -0.4 is 5.32 Å². The number of benzene rings is 1. The molecule has 8 heteroatoms.